The number of rotatable bonds is 7. The van der Waals surface area contributed by atoms with Gasteiger partial charge in [-0.15, -0.1) is 0 Å². The molecule has 0 saturated carbocycles. The van der Waals surface area contributed by atoms with Crippen molar-refractivity contribution in [3.63, 3.8) is 0 Å². The molecule has 28 heavy (non-hydrogen) atoms. The Morgan fingerprint density at radius 3 is 2.43 bits per heavy atom. The lowest BCUT2D eigenvalue weighted by atomic mass is 10.2. The molecular formula is C23H24N2O3. The van der Waals surface area contributed by atoms with E-state index in [4.69, 9.17) is 4.74 Å². The topological polar surface area (TPSA) is 67.4 Å². The molecule has 5 heteroatoms. The van der Waals surface area contributed by atoms with Crippen LogP contribution in [0.5, 0.6) is 0 Å². The smallest absolute Gasteiger partial charge is 0.267 e. The predicted molar refractivity (Wildman–Crippen MR) is 109 cm³/mol. The molecule has 0 radical (unpaired) electrons. The van der Waals surface area contributed by atoms with Crippen LogP contribution >= 0.6 is 0 Å². The van der Waals surface area contributed by atoms with Gasteiger partial charge in [0.25, 0.3) is 11.8 Å². The Morgan fingerprint density at radius 1 is 1.04 bits per heavy atom. The van der Waals surface area contributed by atoms with E-state index < -0.39 is 0 Å². The number of carbonyl (C=O) groups is 2. The quantitative estimate of drug-likeness (QED) is 0.575. The second-order valence-corrected chi connectivity index (χ2v) is 6.52. The van der Waals surface area contributed by atoms with Gasteiger partial charge in [0.05, 0.1) is 6.10 Å². The van der Waals surface area contributed by atoms with Crippen LogP contribution in [0.2, 0.25) is 0 Å². The number of ether oxygens (including phenoxy) is 1. The summed E-state index contributed by atoms with van der Waals surface area (Å²) in [5.74, 6) is -0.662. The van der Waals surface area contributed by atoms with E-state index in [0.717, 1.165) is 25.0 Å². The van der Waals surface area contributed by atoms with Crippen molar-refractivity contribution in [3.8, 4) is 0 Å². The summed E-state index contributed by atoms with van der Waals surface area (Å²) in [5, 5.41) is 5.56. The fourth-order valence-corrected chi connectivity index (χ4v) is 2.88. The van der Waals surface area contributed by atoms with E-state index in [9.17, 15) is 9.59 Å². The van der Waals surface area contributed by atoms with Crippen molar-refractivity contribution in [1.29, 1.82) is 0 Å². The molecule has 2 aromatic carbocycles. The molecule has 3 rings (SSSR count). The van der Waals surface area contributed by atoms with Crippen molar-refractivity contribution in [2.24, 2.45) is 0 Å². The van der Waals surface area contributed by atoms with Gasteiger partial charge < -0.3 is 15.4 Å². The third-order valence-corrected chi connectivity index (χ3v) is 4.39. The van der Waals surface area contributed by atoms with Crippen molar-refractivity contribution in [2.45, 2.75) is 18.9 Å². The summed E-state index contributed by atoms with van der Waals surface area (Å²) in [7, 11) is 0. The first kappa shape index (κ1) is 19.6. The lowest BCUT2D eigenvalue weighted by molar-refractivity contribution is -0.118. The number of carbonyl (C=O) groups excluding carboxylic acids is 2. The predicted octanol–water partition coefficient (Wildman–Crippen LogP) is 3.31. The number of nitrogens with one attached hydrogen (secondary N) is 2. The summed E-state index contributed by atoms with van der Waals surface area (Å²) in [6.07, 6.45) is 7.22. The maximum atomic E-state index is 12.6. The van der Waals surface area contributed by atoms with Gasteiger partial charge in [-0.05, 0) is 36.6 Å². The highest BCUT2D eigenvalue weighted by Gasteiger charge is 2.18. The molecule has 1 fully saturated rings. The van der Waals surface area contributed by atoms with Gasteiger partial charge in [-0.25, -0.2) is 0 Å². The maximum absolute atomic E-state index is 12.6. The molecule has 0 bridgehead atoms. The van der Waals surface area contributed by atoms with Gasteiger partial charge in [0.15, 0.2) is 0 Å². The zero-order valence-corrected chi connectivity index (χ0v) is 15.6. The first-order valence-corrected chi connectivity index (χ1v) is 9.42. The fraction of sp³-hybridized carbons (Fsp3) is 0.217. The Bertz CT molecular complexity index is 839. The molecule has 0 aliphatic carbocycles. The Kier molecular flexibility index (Phi) is 7.15. The molecule has 5 nitrogen and oxygen atoms in total. The standard InChI is InChI=1S/C23H24N2O3/c26-22(19-12-5-2-6-13-19)25-21(15-7-11-18-9-3-1-4-10-18)23(27)24-17-20-14-8-16-28-20/h1-7,9-13,15,20H,8,14,16-17H2,(H,24,27)(H,25,26)/b11-7+,21-15+/t20-/m1/s1. The van der Waals surface area contributed by atoms with Crippen LogP contribution in [0, 0.1) is 0 Å². The third kappa shape index (κ3) is 5.93. The highest BCUT2D eigenvalue weighted by atomic mass is 16.5. The van der Waals surface area contributed by atoms with Crippen LogP contribution in [0.25, 0.3) is 6.08 Å². The van der Waals surface area contributed by atoms with Gasteiger partial charge in [0.2, 0.25) is 0 Å². The van der Waals surface area contributed by atoms with E-state index in [1.807, 2.05) is 42.5 Å². The van der Waals surface area contributed by atoms with Crippen molar-refractivity contribution in [2.75, 3.05) is 13.2 Å². The summed E-state index contributed by atoms with van der Waals surface area (Å²) in [4.78, 5) is 25.1. The van der Waals surface area contributed by atoms with Crippen molar-refractivity contribution < 1.29 is 14.3 Å². The number of hydrogen-bond acceptors (Lipinski definition) is 3. The van der Waals surface area contributed by atoms with Crippen LogP contribution in [0.1, 0.15) is 28.8 Å². The Morgan fingerprint density at radius 2 is 1.75 bits per heavy atom. The maximum Gasteiger partial charge on any atom is 0.267 e. The van der Waals surface area contributed by atoms with E-state index in [1.54, 1.807) is 36.4 Å². The molecule has 2 aromatic rings. The van der Waals surface area contributed by atoms with Crippen LogP contribution in [-0.4, -0.2) is 31.1 Å². The van der Waals surface area contributed by atoms with Gasteiger partial charge in [-0.3, -0.25) is 9.59 Å². The number of hydrogen-bond donors (Lipinski definition) is 2. The molecule has 2 N–H and O–H groups in total. The van der Waals surface area contributed by atoms with Crippen molar-refractivity contribution in [3.05, 3.63) is 89.6 Å². The van der Waals surface area contributed by atoms with Gasteiger partial charge >= 0.3 is 0 Å². The van der Waals surface area contributed by atoms with E-state index in [2.05, 4.69) is 10.6 Å². The first-order valence-electron chi connectivity index (χ1n) is 9.42. The van der Waals surface area contributed by atoms with Crippen LogP contribution in [-0.2, 0) is 9.53 Å². The van der Waals surface area contributed by atoms with Gasteiger partial charge in [-0.1, -0.05) is 60.7 Å². The number of allylic oxidation sites excluding steroid dienone is 2. The minimum atomic E-state index is -0.336. The van der Waals surface area contributed by atoms with E-state index >= 15 is 0 Å². The first-order chi connectivity index (χ1) is 13.7. The summed E-state index contributed by atoms with van der Waals surface area (Å²) in [6.45, 7) is 1.16. The molecule has 1 saturated heterocycles. The Labute approximate surface area is 165 Å². The summed E-state index contributed by atoms with van der Waals surface area (Å²) < 4.78 is 5.54. The monoisotopic (exact) mass is 376 g/mol. The Balaban J connectivity index is 1.70. The zero-order chi connectivity index (χ0) is 19.6. The van der Waals surface area contributed by atoms with Gasteiger partial charge in [0.1, 0.15) is 5.70 Å². The highest BCUT2D eigenvalue weighted by molar-refractivity contribution is 6.03. The average Bonchev–Trinajstić information content (AvgIpc) is 3.26. The van der Waals surface area contributed by atoms with E-state index in [-0.39, 0.29) is 23.6 Å². The number of benzene rings is 2. The molecule has 1 aliphatic rings. The average molecular weight is 376 g/mol. The zero-order valence-electron chi connectivity index (χ0n) is 15.6. The SMILES string of the molecule is O=C(NC[C@H]1CCCO1)/C(=C\C=C\c1ccccc1)NC(=O)c1ccccc1. The minimum Gasteiger partial charge on any atom is -0.376 e. The largest absolute Gasteiger partial charge is 0.376 e. The molecule has 2 amide bonds. The number of amides is 2. The highest BCUT2D eigenvalue weighted by Crippen LogP contribution is 2.11. The molecule has 0 aromatic heterocycles. The Hall–Kier alpha value is -3.18. The molecule has 0 unspecified atom stereocenters. The lowest BCUT2D eigenvalue weighted by Crippen LogP contribution is -2.38. The molecule has 1 aliphatic heterocycles. The van der Waals surface area contributed by atoms with Gasteiger partial charge in [0, 0.05) is 18.7 Å². The van der Waals surface area contributed by atoms with Crippen molar-refractivity contribution in [1.82, 2.24) is 10.6 Å². The third-order valence-electron chi connectivity index (χ3n) is 4.39. The summed E-state index contributed by atoms with van der Waals surface area (Å²) in [6, 6.07) is 18.6. The normalized spacial score (nSPS) is 16.9. The molecule has 144 valence electrons. The second kappa shape index (κ2) is 10.2. The second-order valence-electron chi connectivity index (χ2n) is 6.52. The summed E-state index contributed by atoms with van der Waals surface area (Å²) >= 11 is 0. The fourth-order valence-electron chi connectivity index (χ4n) is 2.88. The molecule has 0 spiro atoms. The van der Waals surface area contributed by atoms with Crippen LogP contribution < -0.4 is 10.6 Å². The summed E-state index contributed by atoms with van der Waals surface area (Å²) in [5.41, 5.74) is 1.69. The van der Waals surface area contributed by atoms with E-state index in [1.165, 1.54) is 0 Å². The van der Waals surface area contributed by atoms with Gasteiger partial charge in [-0.2, -0.15) is 0 Å². The molecule has 1 heterocycles. The van der Waals surface area contributed by atoms with Crippen LogP contribution in [0.4, 0.5) is 0 Å². The lowest BCUT2D eigenvalue weighted by Gasteiger charge is -2.13. The van der Waals surface area contributed by atoms with Crippen LogP contribution in [0.3, 0.4) is 0 Å². The van der Waals surface area contributed by atoms with E-state index in [0.29, 0.717) is 12.1 Å². The van der Waals surface area contributed by atoms with Crippen molar-refractivity contribution >= 4 is 17.9 Å². The van der Waals surface area contributed by atoms with Crippen LogP contribution in [0.15, 0.2) is 78.5 Å². The minimum absolute atomic E-state index is 0.0369. The molecular weight excluding hydrogens is 352 g/mol. The molecule has 1 atom stereocenters.